The molecule has 0 heterocycles. The summed E-state index contributed by atoms with van der Waals surface area (Å²) >= 11 is 4.95. The monoisotopic (exact) mass is 464 g/mol. The Morgan fingerprint density at radius 2 is 1.77 bits per heavy atom. The lowest BCUT2D eigenvalue weighted by Gasteiger charge is -2.14. The summed E-state index contributed by atoms with van der Waals surface area (Å²) in [4.78, 5) is 9.14. The lowest BCUT2D eigenvalue weighted by molar-refractivity contribution is 0.188. The van der Waals surface area contributed by atoms with Crippen molar-refractivity contribution in [2.75, 3.05) is 0 Å². The van der Waals surface area contributed by atoms with Crippen LogP contribution in [0.1, 0.15) is 27.8 Å². The van der Waals surface area contributed by atoms with Gasteiger partial charge >= 0.3 is 13.8 Å². The predicted octanol–water partition coefficient (Wildman–Crippen LogP) is 6.59. The quantitative estimate of drug-likeness (QED) is 0.469. The van der Waals surface area contributed by atoms with Crippen molar-refractivity contribution in [1.29, 1.82) is 0 Å². The van der Waals surface area contributed by atoms with Crippen molar-refractivity contribution < 1.29 is 22.8 Å². The third-order valence-corrected chi connectivity index (χ3v) is 6.43. The summed E-state index contributed by atoms with van der Waals surface area (Å²) in [6, 6.07) is 9.17. The van der Waals surface area contributed by atoms with E-state index in [0.29, 0.717) is 4.47 Å². The third kappa shape index (κ3) is 5.56. The number of halogens is 3. The molecule has 0 radical (unpaired) electrons. The van der Waals surface area contributed by atoms with Gasteiger partial charge in [-0.05, 0) is 71.1 Å². The van der Waals surface area contributed by atoms with Crippen LogP contribution in [-0.2, 0) is 16.1 Å². The Balaban J connectivity index is 2.01. The Morgan fingerprint density at radius 3 is 2.31 bits per heavy atom. The lowest BCUT2D eigenvalue weighted by atomic mass is 10.0. The Kier molecular flexibility index (Phi) is 7.31. The molecular weight excluding hydrogens is 445 g/mol. The van der Waals surface area contributed by atoms with Gasteiger partial charge in [-0.25, -0.2) is 4.57 Å². The molecule has 0 fully saturated rings. The normalized spacial score (nSPS) is 13.7. The summed E-state index contributed by atoms with van der Waals surface area (Å²) in [6.45, 7) is 6.29. The first-order valence-electron chi connectivity index (χ1n) is 7.83. The number of benzene rings is 2. The molecule has 0 saturated heterocycles. The van der Waals surface area contributed by atoms with Gasteiger partial charge in [0.25, 0.3) is 0 Å². The Bertz CT molecular complexity index is 822. The van der Waals surface area contributed by atoms with Crippen LogP contribution in [0.4, 0.5) is 8.78 Å². The van der Waals surface area contributed by atoms with Gasteiger partial charge in [0.15, 0.2) is 0 Å². The molecule has 3 nitrogen and oxygen atoms in total. The maximum absolute atomic E-state index is 12.5. The fraction of sp³-hybridized carbons (Fsp3) is 0.333. The maximum Gasteiger partial charge on any atom is 0.442 e. The average molecular weight is 465 g/mol. The molecule has 0 aliphatic carbocycles. The molecule has 0 aliphatic heterocycles. The highest BCUT2D eigenvalue weighted by Gasteiger charge is 2.34. The van der Waals surface area contributed by atoms with Crippen molar-refractivity contribution in [3.63, 3.8) is 0 Å². The first kappa shape index (κ1) is 21.4. The van der Waals surface area contributed by atoms with Gasteiger partial charge in [0, 0.05) is 11.5 Å². The van der Waals surface area contributed by atoms with Crippen molar-refractivity contribution in [3.05, 3.63) is 62.6 Å². The molecule has 0 aromatic heterocycles. The van der Waals surface area contributed by atoms with Crippen LogP contribution in [0.3, 0.4) is 0 Å². The molecular formula is C18H20BrF2O3PS. The predicted molar refractivity (Wildman–Crippen MR) is 106 cm³/mol. The van der Waals surface area contributed by atoms with Crippen LogP contribution in [0.25, 0.3) is 0 Å². The summed E-state index contributed by atoms with van der Waals surface area (Å²) in [5.74, 6) is 1.51. The van der Waals surface area contributed by atoms with Crippen LogP contribution in [0.2, 0.25) is 0 Å². The van der Waals surface area contributed by atoms with Crippen molar-refractivity contribution >= 4 is 35.3 Å². The zero-order valence-corrected chi connectivity index (χ0v) is 17.9. The number of hydrogen-bond donors (Lipinski definition) is 1. The summed E-state index contributed by atoms with van der Waals surface area (Å²) in [7, 11) is -4.97. The van der Waals surface area contributed by atoms with E-state index < -0.39 is 13.8 Å². The molecule has 0 spiro atoms. The highest BCUT2D eigenvalue weighted by molar-refractivity contribution is 9.10. The van der Waals surface area contributed by atoms with E-state index in [4.69, 9.17) is 4.89 Å². The van der Waals surface area contributed by atoms with Gasteiger partial charge in [-0.15, -0.1) is 0 Å². The average Bonchev–Trinajstić information content (AvgIpc) is 2.52. The van der Waals surface area contributed by atoms with Crippen molar-refractivity contribution in [1.82, 2.24) is 0 Å². The molecule has 2 aromatic carbocycles. The van der Waals surface area contributed by atoms with E-state index in [0.717, 1.165) is 17.1 Å². The number of aryl methyl sites for hydroxylation is 3. The fourth-order valence-electron chi connectivity index (χ4n) is 2.60. The largest absolute Gasteiger partial charge is 0.442 e. The number of rotatable bonds is 7. The van der Waals surface area contributed by atoms with E-state index in [1.165, 1.54) is 28.3 Å². The summed E-state index contributed by atoms with van der Waals surface area (Å²) < 4.78 is 41.2. The second kappa shape index (κ2) is 8.87. The molecule has 8 heteroatoms. The van der Waals surface area contributed by atoms with E-state index in [9.17, 15) is 13.3 Å². The molecule has 1 N–H and O–H groups in total. The van der Waals surface area contributed by atoms with Gasteiger partial charge in [0.1, 0.15) is 5.75 Å². The molecule has 0 bridgehead atoms. The molecule has 2 aromatic rings. The number of hydrogen-bond acceptors (Lipinski definition) is 3. The first-order chi connectivity index (χ1) is 12.1. The minimum atomic E-state index is -4.97. The summed E-state index contributed by atoms with van der Waals surface area (Å²) in [6.07, 6.45) is -3.44. The van der Waals surface area contributed by atoms with Gasteiger partial charge < -0.3 is 9.42 Å². The van der Waals surface area contributed by atoms with E-state index >= 15 is 0 Å². The van der Waals surface area contributed by atoms with Crippen molar-refractivity contribution in [2.24, 2.45) is 0 Å². The van der Waals surface area contributed by atoms with Crippen molar-refractivity contribution in [3.8, 4) is 5.75 Å². The minimum absolute atomic E-state index is 0.0740. The highest BCUT2D eigenvalue weighted by Crippen LogP contribution is 2.50. The third-order valence-electron chi connectivity index (χ3n) is 3.83. The number of thioether (sulfide) groups is 1. The van der Waals surface area contributed by atoms with E-state index in [1.54, 1.807) is 23.9 Å². The zero-order valence-electron chi connectivity index (χ0n) is 14.6. The topological polar surface area (TPSA) is 46.5 Å². The van der Waals surface area contributed by atoms with Crippen LogP contribution >= 0.6 is 35.3 Å². The zero-order chi connectivity index (χ0) is 19.5. The molecule has 1 unspecified atom stereocenters. The van der Waals surface area contributed by atoms with Gasteiger partial charge in [-0.2, -0.15) is 20.5 Å². The standard InChI is InChI=1S/C18H20BrF2O3PS/c1-11-6-12(2)15(13(3)7-11)10-26-9-14-4-5-17(16(19)8-14)24-25(22,23)18(20)21/h4-8,18H,9-10H2,1-3H3,(H,22,23). The SMILES string of the molecule is Cc1cc(C)c(CSCc2ccc(OP(=O)(O)C(F)F)c(Br)c2)c(C)c1. The summed E-state index contributed by atoms with van der Waals surface area (Å²) in [5.41, 5.74) is 6.06. The fourth-order valence-corrected chi connectivity index (χ4v) is 4.93. The Labute approximate surface area is 164 Å². The molecule has 0 saturated carbocycles. The van der Waals surface area contributed by atoms with Crippen LogP contribution < -0.4 is 4.52 Å². The minimum Gasteiger partial charge on any atom is -0.420 e. The molecule has 1 atom stereocenters. The van der Waals surface area contributed by atoms with E-state index in [-0.39, 0.29) is 5.75 Å². The van der Waals surface area contributed by atoms with Crippen LogP contribution in [0, 0.1) is 20.8 Å². The molecule has 0 aliphatic rings. The Hall–Kier alpha value is -0.880. The van der Waals surface area contributed by atoms with Crippen molar-refractivity contribution in [2.45, 2.75) is 38.4 Å². The second-order valence-corrected chi connectivity index (χ2v) is 9.61. The smallest absolute Gasteiger partial charge is 0.420 e. The van der Waals surface area contributed by atoms with Gasteiger partial charge in [0.05, 0.1) is 4.47 Å². The van der Waals surface area contributed by atoms with Gasteiger partial charge in [0.2, 0.25) is 0 Å². The molecule has 0 amide bonds. The Morgan fingerprint density at radius 1 is 1.15 bits per heavy atom. The first-order valence-corrected chi connectivity index (χ1v) is 11.4. The highest BCUT2D eigenvalue weighted by atomic mass is 79.9. The van der Waals surface area contributed by atoms with Crippen LogP contribution in [-0.4, -0.2) is 11.1 Å². The van der Waals surface area contributed by atoms with E-state index in [1.807, 2.05) is 0 Å². The lowest BCUT2D eigenvalue weighted by Crippen LogP contribution is -2.01. The second-order valence-electron chi connectivity index (χ2n) is 6.07. The van der Waals surface area contributed by atoms with Gasteiger partial charge in [-0.3, -0.25) is 0 Å². The number of alkyl halides is 2. The summed E-state index contributed by atoms with van der Waals surface area (Å²) in [5, 5.41) is 0. The van der Waals surface area contributed by atoms with Gasteiger partial charge in [-0.1, -0.05) is 23.8 Å². The molecule has 2 rings (SSSR count). The maximum atomic E-state index is 12.5. The molecule has 26 heavy (non-hydrogen) atoms. The van der Waals surface area contributed by atoms with Crippen LogP contribution in [0.5, 0.6) is 5.75 Å². The van der Waals surface area contributed by atoms with Crippen LogP contribution in [0.15, 0.2) is 34.8 Å². The van der Waals surface area contributed by atoms with E-state index in [2.05, 4.69) is 53.4 Å². The molecule has 142 valence electrons.